The van der Waals surface area contributed by atoms with Gasteiger partial charge in [0, 0.05) is 12.2 Å². The van der Waals surface area contributed by atoms with Crippen LogP contribution in [0.4, 0.5) is 0 Å². The molecular formula is C18H26N4OS. The van der Waals surface area contributed by atoms with E-state index in [9.17, 15) is 4.79 Å². The average Bonchev–Trinajstić information content (AvgIpc) is 3.00. The summed E-state index contributed by atoms with van der Waals surface area (Å²) in [6, 6.07) is 6.23. The van der Waals surface area contributed by atoms with E-state index >= 15 is 0 Å². The van der Waals surface area contributed by atoms with Crippen LogP contribution in [0.5, 0.6) is 0 Å². The monoisotopic (exact) mass is 346 g/mol. The summed E-state index contributed by atoms with van der Waals surface area (Å²) in [5.74, 6) is 1.07. The van der Waals surface area contributed by atoms with Crippen molar-refractivity contribution >= 4 is 17.7 Å². The Bertz CT molecular complexity index is 681. The van der Waals surface area contributed by atoms with E-state index in [4.69, 9.17) is 0 Å². The van der Waals surface area contributed by atoms with Crippen LogP contribution in [-0.2, 0) is 4.79 Å². The number of thioether (sulfide) groups is 1. The first-order chi connectivity index (χ1) is 11.5. The molecule has 0 spiro atoms. The molecule has 0 unspecified atom stereocenters. The van der Waals surface area contributed by atoms with E-state index in [2.05, 4.69) is 55.3 Å². The summed E-state index contributed by atoms with van der Waals surface area (Å²) in [5, 5.41) is 11.8. The van der Waals surface area contributed by atoms with Crippen LogP contribution in [0.15, 0.2) is 29.7 Å². The fourth-order valence-electron chi connectivity index (χ4n) is 2.29. The minimum atomic E-state index is 0.0402. The molecule has 2 aromatic rings. The van der Waals surface area contributed by atoms with Crippen molar-refractivity contribution in [2.24, 2.45) is 5.92 Å². The van der Waals surface area contributed by atoms with Crippen molar-refractivity contribution in [3.63, 3.8) is 0 Å². The molecule has 0 atom stereocenters. The van der Waals surface area contributed by atoms with Gasteiger partial charge in [0.2, 0.25) is 5.91 Å². The van der Waals surface area contributed by atoms with Crippen LogP contribution in [0.2, 0.25) is 0 Å². The van der Waals surface area contributed by atoms with E-state index in [1.807, 2.05) is 10.6 Å². The van der Waals surface area contributed by atoms with Gasteiger partial charge in [-0.3, -0.25) is 9.36 Å². The minimum Gasteiger partial charge on any atom is -0.355 e. The lowest BCUT2D eigenvalue weighted by atomic mass is 10.1. The Morgan fingerprint density at radius 1 is 1.29 bits per heavy atom. The van der Waals surface area contributed by atoms with Crippen molar-refractivity contribution in [1.29, 1.82) is 0 Å². The highest BCUT2D eigenvalue weighted by Crippen LogP contribution is 2.21. The third-order valence-corrected chi connectivity index (χ3v) is 4.84. The fraction of sp³-hybridized carbons (Fsp3) is 0.500. The quantitative estimate of drug-likeness (QED) is 0.587. The van der Waals surface area contributed by atoms with Gasteiger partial charge in [0.05, 0.1) is 5.75 Å². The van der Waals surface area contributed by atoms with Crippen LogP contribution in [-0.4, -0.2) is 33.0 Å². The van der Waals surface area contributed by atoms with Gasteiger partial charge in [0.25, 0.3) is 0 Å². The number of nitrogens with one attached hydrogen (secondary N) is 1. The zero-order valence-corrected chi connectivity index (χ0v) is 15.7. The number of rotatable bonds is 8. The van der Waals surface area contributed by atoms with Crippen LogP contribution in [0.1, 0.15) is 37.8 Å². The van der Waals surface area contributed by atoms with Crippen LogP contribution < -0.4 is 5.32 Å². The Labute approximate surface area is 148 Å². The number of aromatic nitrogens is 3. The van der Waals surface area contributed by atoms with Crippen LogP contribution in [0.3, 0.4) is 0 Å². The molecule has 0 saturated heterocycles. The number of nitrogens with zero attached hydrogens (tertiary/aromatic N) is 3. The smallest absolute Gasteiger partial charge is 0.230 e. The largest absolute Gasteiger partial charge is 0.355 e. The van der Waals surface area contributed by atoms with Crippen molar-refractivity contribution in [3.05, 3.63) is 35.7 Å². The second kappa shape index (κ2) is 8.87. The van der Waals surface area contributed by atoms with E-state index < -0.39 is 0 Å². The maximum absolute atomic E-state index is 11.9. The Hall–Kier alpha value is -1.82. The van der Waals surface area contributed by atoms with Gasteiger partial charge in [0.15, 0.2) is 5.16 Å². The Balaban J connectivity index is 1.89. The molecule has 2 rings (SSSR count). The highest BCUT2D eigenvalue weighted by molar-refractivity contribution is 7.99. The van der Waals surface area contributed by atoms with Gasteiger partial charge < -0.3 is 5.32 Å². The van der Waals surface area contributed by atoms with Gasteiger partial charge in [0.1, 0.15) is 6.33 Å². The average molecular weight is 347 g/mol. The number of carbonyl (C=O) groups is 1. The number of carbonyl (C=O) groups excluding carboxylic acids is 1. The highest BCUT2D eigenvalue weighted by atomic mass is 32.2. The third kappa shape index (κ3) is 5.37. The highest BCUT2D eigenvalue weighted by Gasteiger charge is 2.10. The van der Waals surface area contributed by atoms with Crippen molar-refractivity contribution in [3.8, 4) is 5.69 Å². The molecule has 1 aromatic carbocycles. The third-order valence-electron chi connectivity index (χ3n) is 3.90. The lowest BCUT2D eigenvalue weighted by Gasteiger charge is -2.09. The van der Waals surface area contributed by atoms with Gasteiger partial charge in [-0.15, -0.1) is 10.2 Å². The zero-order valence-electron chi connectivity index (χ0n) is 14.9. The minimum absolute atomic E-state index is 0.0402. The first kappa shape index (κ1) is 18.5. The fourth-order valence-corrected chi connectivity index (χ4v) is 3.05. The number of hydrogen-bond acceptors (Lipinski definition) is 4. The van der Waals surface area contributed by atoms with Gasteiger partial charge >= 0.3 is 0 Å². The second-order valence-electron chi connectivity index (χ2n) is 6.43. The first-order valence-electron chi connectivity index (χ1n) is 8.34. The summed E-state index contributed by atoms with van der Waals surface area (Å²) in [4.78, 5) is 11.9. The Morgan fingerprint density at radius 2 is 2.08 bits per heavy atom. The summed E-state index contributed by atoms with van der Waals surface area (Å²) >= 11 is 1.41. The molecule has 0 saturated carbocycles. The second-order valence-corrected chi connectivity index (χ2v) is 7.37. The number of amides is 1. The van der Waals surface area contributed by atoms with Crippen LogP contribution >= 0.6 is 11.8 Å². The van der Waals surface area contributed by atoms with Crippen molar-refractivity contribution in [2.75, 3.05) is 12.3 Å². The first-order valence-corrected chi connectivity index (χ1v) is 9.33. The molecule has 24 heavy (non-hydrogen) atoms. The van der Waals surface area contributed by atoms with Crippen molar-refractivity contribution in [2.45, 2.75) is 45.7 Å². The number of benzene rings is 1. The summed E-state index contributed by atoms with van der Waals surface area (Å²) < 4.78 is 1.92. The molecule has 1 heterocycles. The SMILES string of the molecule is Cc1ccc(-n2cnnc2SCC(=O)NCCCC(C)C)cc1C. The molecule has 0 radical (unpaired) electrons. The molecule has 0 aliphatic carbocycles. The van der Waals surface area contributed by atoms with E-state index in [1.54, 1.807) is 6.33 Å². The van der Waals surface area contributed by atoms with Crippen LogP contribution in [0.25, 0.3) is 5.69 Å². The normalized spacial score (nSPS) is 11.0. The molecular weight excluding hydrogens is 320 g/mol. The molecule has 6 heteroatoms. The lowest BCUT2D eigenvalue weighted by Crippen LogP contribution is -2.26. The number of hydrogen-bond donors (Lipinski definition) is 1. The lowest BCUT2D eigenvalue weighted by molar-refractivity contribution is -0.118. The predicted molar refractivity (Wildman–Crippen MR) is 98.6 cm³/mol. The van der Waals surface area contributed by atoms with Crippen LogP contribution in [0, 0.1) is 19.8 Å². The zero-order chi connectivity index (χ0) is 17.5. The summed E-state index contributed by atoms with van der Waals surface area (Å²) in [7, 11) is 0. The molecule has 1 amide bonds. The Morgan fingerprint density at radius 3 is 2.79 bits per heavy atom. The van der Waals surface area contributed by atoms with Gasteiger partial charge in [-0.2, -0.15) is 0 Å². The van der Waals surface area contributed by atoms with Gasteiger partial charge in [-0.05, 0) is 55.9 Å². The molecule has 0 aliphatic heterocycles. The van der Waals surface area contributed by atoms with E-state index in [1.165, 1.54) is 22.9 Å². The summed E-state index contributed by atoms with van der Waals surface area (Å²) in [6.45, 7) is 9.29. The van der Waals surface area contributed by atoms with E-state index in [0.717, 1.165) is 30.2 Å². The Kier molecular flexibility index (Phi) is 6.85. The topological polar surface area (TPSA) is 59.8 Å². The molecule has 0 aliphatic rings. The van der Waals surface area contributed by atoms with E-state index in [-0.39, 0.29) is 5.91 Å². The number of aryl methyl sites for hydroxylation is 2. The molecule has 1 N–H and O–H groups in total. The molecule has 130 valence electrons. The summed E-state index contributed by atoms with van der Waals surface area (Å²) in [6.07, 6.45) is 3.84. The summed E-state index contributed by atoms with van der Waals surface area (Å²) in [5.41, 5.74) is 3.49. The maximum atomic E-state index is 11.9. The van der Waals surface area contributed by atoms with Crippen molar-refractivity contribution < 1.29 is 4.79 Å². The predicted octanol–water partition coefficient (Wildman–Crippen LogP) is 3.53. The maximum Gasteiger partial charge on any atom is 0.230 e. The standard InChI is InChI=1S/C18H26N4OS/c1-13(2)6-5-9-19-17(23)11-24-18-21-20-12-22(18)16-8-7-14(3)15(4)10-16/h7-8,10,12-13H,5-6,9,11H2,1-4H3,(H,19,23). The van der Waals surface area contributed by atoms with Gasteiger partial charge in [-0.1, -0.05) is 31.7 Å². The molecule has 0 bridgehead atoms. The van der Waals surface area contributed by atoms with Gasteiger partial charge in [-0.25, -0.2) is 0 Å². The van der Waals surface area contributed by atoms with E-state index in [0.29, 0.717) is 11.7 Å². The molecule has 1 aromatic heterocycles. The molecule has 5 nitrogen and oxygen atoms in total. The van der Waals surface area contributed by atoms with Crippen molar-refractivity contribution in [1.82, 2.24) is 20.1 Å². The molecule has 0 fully saturated rings.